The van der Waals surface area contributed by atoms with E-state index in [4.69, 9.17) is 4.42 Å². The van der Waals surface area contributed by atoms with Crippen LogP contribution in [-0.2, 0) is 6.54 Å². The molecule has 2 rings (SSSR count). The van der Waals surface area contributed by atoms with Gasteiger partial charge in [-0.05, 0) is 13.0 Å². The second kappa shape index (κ2) is 3.01. The topological polar surface area (TPSA) is 56.7 Å². The summed E-state index contributed by atoms with van der Waals surface area (Å²) in [7, 11) is 0. The first-order valence-corrected chi connectivity index (χ1v) is 4.13. The Morgan fingerprint density at radius 2 is 2.31 bits per heavy atom. The van der Waals surface area contributed by atoms with E-state index < -0.39 is 0 Å². The molecule has 0 atom stereocenters. The lowest BCUT2D eigenvalue weighted by Gasteiger charge is -1.98. The molecule has 68 valence electrons. The highest BCUT2D eigenvalue weighted by Gasteiger charge is 2.09. The highest BCUT2D eigenvalue weighted by Crippen LogP contribution is 2.16. The first-order chi connectivity index (χ1) is 6.31. The van der Waals surface area contributed by atoms with Gasteiger partial charge in [-0.2, -0.15) is 5.10 Å². The molecule has 13 heavy (non-hydrogen) atoms. The van der Waals surface area contributed by atoms with E-state index in [0.29, 0.717) is 11.8 Å². The van der Waals surface area contributed by atoms with Crippen molar-refractivity contribution in [3.8, 4) is 11.6 Å². The largest absolute Gasteiger partial charge is 0.420 e. The number of aromatic nitrogens is 4. The molecule has 2 aromatic rings. The third kappa shape index (κ3) is 1.32. The Morgan fingerprint density at radius 3 is 2.92 bits per heavy atom. The minimum atomic E-state index is 0.525. The van der Waals surface area contributed by atoms with E-state index in [9.17, 15) is 0 Å². The number of nitrogens with zero attached hydrogens (tertiary/aromatic N) is 4. The van der Waals surface area contributed by atoms with Crippen molar-refractivity contribution in [2.75, 3.05) is 0 Å². The van der Waals surface area contributed by atoms with Gasteiger partial charge in [0.15, 0.2) is 0 Å². The smallest absolute Gasteiger partial charge is 0.265 e. The summed E-state index contributed by atoms with van der Waals surface area (Å²) in [6.45, 7) is 4.58. The SMILES string of the molecule is CCn1nccc1-c1nnc(C)o1. The number of rotatable bonds is 2. The molecule has 0 fully saturated rings. The fraction of sp³-hybridized carbons (Fsp3) is 0.375. The van der Waals surface area contributed by atoms with Crippen LogP contribution in [-0.4, -0.2) is 20.0 Å². The Morgan fingerprint density at radius 1 is 1.46 bits per heavy atom. The quantitative estimate of drug-likeness (QED) is 0.694. The summed E-state index contributed by atoms with van der Waals surface area (Å²) in [6.07, 6.45) is 1.72. The molecule has 0 N–H and O–H groups in total. The van der Waals surface area contributed by atoms with Gasteiger partial charge >= 0.3 is 0 Å². The zero-order valence-corrected chi connectivity index (χ0v) is 7.56. The standard InChI is InChI=1S/C8H10N4O/c1-3-12-7(4-5-9-12)8-11-10-6(2)13-8/h4-5H,3H2,1-2H3. The lowest BCUT2D eigenvalue weighted by Crippen LogP contribution is -1.98. The first kappa shape index (κ1) is 7.97. The maximum absolute atomic E-state index is 5.29. The summed E-state index contributed by atoms with van der Waals surface area (Å²) in [5.41, 5.74) is 0.864. The second-order valence-corrected chi connectivity index (χ2v) is 2.66. The van der Waals surface area contributed by atoms with Crippen LogP contribution in [0.1, 0.15) is 12.8 Å². The molecule has 5 nitrogen and oxygen atoms in total. The van der Waals surface area contributed by atoms with Crippen molar-refractivity contribution in [1.29, 1.82) is 0 Å². The molecule has 0 amide bonds. The molecule has 0 radical (unpaired) electrons. The molecule has 0 unspecified atom stereocenters. The normalized spacial score (nSPS) is 10.6. The zero-order chi connectivity index (χ0) is 9.26. The first-order valence-electron chi connectivity index (χ1n) is 4.13. The van der Waals surface area contributed by atoms with Crippen molar-refractivity contribution in [3.63, 3.8) is 0 Å². The van der Waals surface area contributed by atoms with Crippen LogP contribution in [0, 0.1) is 6.92 Å². The van der Waals surface area contributed by atoms with Crippen LogP contribution >= 0.6 is 0 Å². The summed E-state index contributed by atoms with van der Waals surface area (Å²) in [5, 5.41) is 11.8. The molecule has 0 spiro atoms. The van der Waals surface area contributed by atoms with Crippen LogP contribution < -0.4 is 0 Å². The molecular weight excluding hydrogens is 168 g/mol. The second-order valence-electron chi connectivity index (χ2n) is 2.66. The third-order valence-corrected chi connectivity index (χ3v) is 1.76. The average molecular weight is 178 g/mol. The number of aryl methyl sites for hydroxylation is 2. The molecule has 0 aliphatic rings. The molecule has 2 heterocycles. The van der Waals surface area contributed by atoms with E-state index in [1.807, 2.05) is 17.7 Å². The van der Waals surface area contributed by atoms with Crippen LogP contribution in [0.5, 0.6) is 0 Å². The van der Waals surface area contributed by atoms with Crippen LogP contribution in [0.2, 0.25) is 0 Å². The van der Waals surface area contributed by atoms with E-state index in [-0.39, 0.29) is 0 Å². The molecule has 0 saturated carbocycles. The Balaban J connectivity index is 2.45. The highest BCUT2D eigenvalue weighted by molar-refractivity contribution is 5.45. The van der Waals surface area contributed by atoms with Crippen LogP contribution in [0.15, 0.2) is 16.7 Å². The van der Waals surface area contributed by atoms with Gasteiger partial charge in [0.05, 0.1) is 0 Å². The van der Waals surface area contributed by atoms with E-state index in [2.05, 4.69) is 15.3 Å². The van der Waals surface area contributed by atoms with Gasteiger partial charge in [-0.15, -0.1) is 10.2 Å². The summed E-state index contributed by atoms with van der Waals surface area (Å²) < 4.78 is 7.10. The van der Waals surface area contributed by atoms with Gasteiger partial charge in [-0.25, -0.2) is 0 Å². The van der Waals surface area contributed by atoms with Gasteiger partial charge in [0.25, 0.3) is 5.89 Å². The fourth-order valence-electron chi connectivity index (χ4n) is 1.17. The van der Waals surface area contributed by atoms with Gasteiger partial charge in [0, 0.05) is 19.7 Å². The monoisotopic (exact) mass is 178 g/mol. The van der Waals surface area contributed by atoms with Crippen LogP contribution in [0.3, 0.4) is 0 Å². The van der Waals surface area contributed by atoms with Gasteiger partial charge in [-0.1, -0.05) is 0 Å². The molecule has 0 bridgehead atoms. The Bertz CT molecular complexity index is 404. The van der Waals surface area contributed by atoms with E-state index in [0.717, 1.165) is 12.2 Å². The van der Waals surface area contributed by atoms with Gasteiger partial charge in [-0.3, -0.25) is 4.68 Å². The number of hydrogen-bond donors (Lipinski definition) is 0. The summed E-state index contributed by atoms with van der Waals surface area (Å²) in [5.74, 6) is 1.09. The molecule has 0 aliphatic carbocycles. The van der Waals surface area contributed by atoms with Gasteiger partial charge < -0.3 is 4.42 Å². The van der Waals surface area contributed by atoms with Crippen molar-refractivity contribution in [1.82, 2.24) is 20.0 Å². The predicted molar refractivity (Wildman–Crippen MR) is 45.9 cm³/mol. The minimum absolute atomic E-state index is 0.525. The summed E-state index contributed by atoms with van der Waals surface area (Å²) >= 11 is 0. The van der Waals surface area contributed by atoms with Crippen molar-refractivity contribution in [2.24, 2.45) is 0 Å². The lowest BCUT2D eigenvalue weighted by atomic mass is 10.4. The van der Waals surface area contributed by atoms with Crippen LogP contribution in [0.25, 0.3) is 11.6 Å². The Hall–Kier alpha value is -1.65. The zero-order valence-electron chi connectivity index (χ0n) is 7.56. The van der Waals surface area contributed by atoms with Crippen molar-refractivity contribution in [2.45, 2.75) is 20.4 Å². The van der Waals surface area contributed by atoms with Gasteiger partial charge in [0.2, 0.25) is 5.89 Å². The molecule has 0 aliphatic heterocycles. The maximum atomic E-state index is 5.29. The van der Waals surface area contributed by atoms with E-state index in [1.54, 1.807) is 13.1 Å². The van der Waals surface area contributed by atoms with E-state index >= 15 is 0 Å². The van der Waals surface area contributed by atoms with Crippen LogP contribution in [0.4, 0.5) is 0 Å². The Kier molecular flexibility index (Phi) is 1.84. The van der Waals surface area contributed by atoms with Crippen molar-refractivity contribution < 1.29 is 4.42 Å². The van der Waals surface area contributed by atoms with E-state index in [1.165, 1.54) is 0 Å². The highest BCUT2D eigenvalue weighted by atomic mass is 16.4. The van der Waals surface area contributed by atoms with Crippen molar-refractivity contribution >= 4 is 0 Å². The lowest BCUT2D eigenvalue weighted by molar-refractivity contribution is 0.522. The molecule has 2 aromatic heterocycles. The molecule has 0 saturated heterocycles. The minimum Gasteiger partial charge on any atom is -0.420 e. The maximum Gasteiger partial charge on any atom is 0.265 e. The average Bonchev–Trinajstić information content (AvgIpc) is 2.71. The molecule has 0 aromatic carbocycles. The molecule has 5 heteroatoms. The number of hydrogen-bond acceptors (Lipinski definition) is 4. The summed E-state index contributed by atoms with van der Waals surface area (Å²) in [4.78, 5) is 0. The predicted octanol–water partition coefficient (Wildman–Crippen LogP) is 1.26. The molecular formula is C8H10N4O. The fourth-order valence-corrected chi connectivity index (χ4v) is 1.17. The summed E-state index contributed by atoms with van der Waals surface area (Å²) in [6, 6.07) is 1.86. The third-order valence-electron chi connectivity index (χ3n) is 1.76. The Labute approximate surface area is 75.4 Å². The van der Waals surface area contributed by atoms with Crippen molar-refractivity contribution in [3.05, 3.63) is 18.2 Å². The van der Waals surface area contributed by atoms with Gasteiger partial charge in [0.1, 0.15) is 5.69 Å².